The number of pyridine rings is 1. The fourth-order valence-electron chi connectivity index (χ4n) is 2.61. The van der Waals surface area contributed by atoms with Gasteiger partial charge in [-0.3, -0.25) is 9.98 Å². The van der Waals surface area contributed by atoms with Crippen molar-refractivity contribution in [1.82, 2.24) is 4.98 Å². The Morgan fingerprint density at radius 3 is 1.37 bits per heavy atom. The van der Waals surface area contributed by atoms with Gasteiger partial charge in [0, 0.05) is 5.02 Å². The van der Waals surface area contributed by atoms with E-state index < -0.39 is 0 Å². The van der Waals surface area contributed by atoms with Crippen molar-refractivity contribution in [2.24, 2.45) is 9.98 Å². The zero-order valence-corrected chi connectivity index (χ0v) is 20.5. The summed E-state index contributed by atoms with van der Waals surface area (Å²) in [7, 11) is 0. The first-order chi connectivity index (χ1) is 12.9. The third kappa shape index (κ3) is 7.86. The molecule has 1 aromatic heterocycles. The van der Waals surface area contributed by atoms with Crippen LogP contribution in [0.4, 0.5) is 11.4 Å². The number of halogens is 3. The quantitative estimate of drug-likeness (QED) is 0.381. The van der Waals surface area contributed by atoms with Gasteiger partial charge in [-0.25, -0.2) is 4.98 Å². The average molecular weight is 503 g/mol. The van der Waals surface area contributed by atoms with E-state index in [1.807, 2.05) is 74.5 Å². The zero-order chi connectivity index (χ0) is 19.4. The molecule has 0 atom stereocenters. The van der Waals surface area contributed by atoms with E-state index in [1.54, 1.807) is 0 Å². The summed E-state index contributed by atoms with van der Waals surface area (Å²) in [6.45, 7) is 7.99. The molecule has 30 heavy (non-hydrogen) atoms. The van der Waals surface area contributed by atoms with Crippen molar-refractivity contribution in [3.63, 3.8) is 0 Å². The predicted molar refractivity (Wildman–Crippen MR) is 115 cm³/mol. The fraction of sp³-hybridized carbons (Fsp3) is 0.174. The second-order valence-corrected chi connectivity index (χ2v) is 7.06. The van der Waals surface area contributed by atoms with Crippen LogP contribution in [-0.4, -0.2) is 16.4 Å². The second-order valence-electron chi connectivity index (χ2n) is 6.62. The summed E-state index contributed by atoms with van der Waals surface area (Å²) in [5.74, 6) is 0. The third-order valence-electron chi connectivity index (χ3n) is 4.19. The van der Waals surface area contributed by atoms with Crippen LogP contribution in [0.25, 0.3) is 0 Å². The molecule has 3 aromatic rings. The van der Waals surface area contributed by atoms with Gasteiger partial charge < -0.3 is 24.8 Å². The summed E-state index contributed by atoms with van der Waals surface area (Å²) in [5.41, 5.74) is 7.32. The Morgan fingerprint density at radius 1 is 0.700 bits per heavy atom. The Bertz CT molecular complexity index is 935. The first-order valence-corrected chi connectivity index (χ1v) is 9.21. The molecule has 1 heterocycles. The summed E-state index contributed by atoms with van der Waals surface area (Å²) < 4.78 is 0. The molecule has 0 aliphatic carbocycles. The second kappa shape index (κ2) is 12.9. The molecule has 7 heteroatoms. The summed E-state index contributed by atoms with van der Waals surface area (Å²) >= 11 is 6.34. The van der Waals surface area contributed by atoms with Crippen LogP contribution < -0.4 is 24.8 Å². The van der Waals surface area contributed by atoms with Crippen molar-refractivity contribution < 1.29 is 41.9 Å². The number of hydrogen-bond donors (Lipinski definition) is 0. The van der Waals surface area contributed by atoms with E-state index in [0.717, 1.165) is 34.2 Å². The number of hydrogen-bond acceptors (Lipinski definition) is 3. The molecule has 0 saturated heterocycles. The molecule has 0 spiro atoms. The van der Waals surface area contributed by atoms with Crippen molar-refractivity contribution in [2.45, 2.75) is 27.7 Å². The molecule has 158 valence electrons. The molecule has 0 fully saturated rings. The Morgan fingerprint density at radius 2 is 1.03 bits per heavy atom. The van der Waals surface area contributed by atoms with Crippen molar-refractivity contribution >= 4 is 34.4 Å². The summed E-state index contributed by atoms with van der Waals surface area (Å²) in [6.07, 6.45) is 0. The van der Waals surface area contributed by atoms with Crippen molar-refractivity contribution in [2.75, 3.05) is 0 Å². The first-order valence-electron chi connectivity index (χ1n) is 8.83. The number of aryl methyl sites for hydroxylation is 2. The molecule has 0 amide bonds. The molecule has 3 nitrogen and oxygen atoms in total. The molecule has 0 radical (unpaired) electrons. The molecule has 0 saturated carbocycles. The minimum atomic E-state index is 0. The molecule has 0 bridgehead atoms. The number of benzene rings is 2. The van der Waals surface area contributed by atoms with E-state index in [-0.39, 0.29) is 41.9 Å². The zero-order valence-electron chi connectivity index (χ0n) is 17.1. The van der Waals surface area contributed by atoms with Crippen molar-refractivity contribution in [3.05, 3.63) is 88.2 Å². The Kier molecular flexibility index (Phi) is 12.2. The van der Waals surface area contributed by atoms with Crippen LogP contribution in [0.3, 0.4) is 0 Å². The van der Waals surface area contributed by atoms with Crippen LogP contribution in [0.15, 0.2) is 70.6 Å². The molecular weight excluding hydrogens is 480 g/mol. The van der Waals surface area contributed by atoms with Crippen LogP contribution >= 0.6 is 11.6 Å². The number of nitrogens with zero attached hydrogens (tertiary/aromatic N) is 3. The van der Waals surface area contributed by atoms with E-state index in [2.05, 4.69) is 23.8 Å². The smallest absolute Gasteiger partial charge is 1.00 e. The van der Waals surface area contributed by atoms with E-state index in [1.165, 1.54) is 11.1 Å². The van der Waals surface area contributed by atoms with Crippen molar-refractivity contribution in [1.29, 1.82) is 0 Å². The number of aromatic nitrogens is 1. The van der Waals surface area contributed by atoms with E-state index in [4.69, 9.17) is 16.6 Å². The number of rotatable bonds is 4. The average Bonchev–Trinajstić information content (AvgIpc) is 2.65. The van der Waals surface area contributed by atoms with Crippen LogP contribution in [0.5, 0.6) is 0 Å². The Labute approximate surface area is 206 Å². The molecule has 0 aliphatic heterocycles. The minimum absolute atomic E-state index is 0. The van der Waals surface area contributed by atoms with Crippen LogP contribution in [0.1, 0.15) is 36.4 Å². The summed E-state index contributed by atoms with van der Waals surface area (Å²) in [5, 5.41) is 0.618. The number of aliphatic imine (C=N–C) groups is 2. The molecule has 3 rings (SSSR count). The van der Waals surface area contributed by atoms with Gasteiger partial charge in [-0.05, 0) is 64.1 Å². The van der Waals surface area contributed by atoms with Gasteiger partial charge in [-0.2, -0.15) is 0 Å². The monoisotopic (exact) mass is 501 g/mol. The largest absolute Gasteiger partial charge is 2.00 e. The molecular formula is C23H22Cl3FeN3. The SMILES string of the molecule is CC(=Nc1ccc(C)cc1)c1cc(Cl)cc(C(C)=Nc2ccc(C)cc2)n1.[Cl-].[Cl-].[Fe+2]. The Balaban J connectivity index is 0.00000280. The van der Waals surface area contributed by atoms with Gasteiger partial charge >= 0.3 is 17.1 Å². The van der Waals surface area contributed by atoms with Crippen molar-refractivity contribution in [3.8, 4) is 0 Å². The van der Waals surface area contributed by atoms with Gasteiger partial charge in [0.2, 0.25) is 0 Å². The fourth-order valence-corrected chi connectivity index (χ4v) is 2.82. The van der Waals surface area contributed by atoms with Crippen LogP contribution in [0, 0.1) is 13.8 Å². The topological polar surface area (TPSA) is 37.6 Å². The van der Waals surface area contributed by atoms with Gasteiger partial charge in [0.25, 0.3) is 0 Å². The van der Waals surface area contributed by atoms with Gasteiger partial charge in [0.15, 0.2) is 0 Å². The summed E-state index contributed by atoms with van der Waals surface area (Å²) in [6, 6.07) is 19.8. The maximum atomic E-state index is 6.34. The van der Waals surface area contributed by atoms with Crippen LogP contribution in [0.2, 0.25) is 5.02 Å². The Hall–Kier alpha value is -1.68. The predicted octanol–water partition coefficient (Wildman–Crippen LogP) is 0.639. The molecule has 0 unspecified atom stereocenters. The van der Waals surface area contributed by atoms with Crippen LogP contribution in [-0.2, 0) is 17.1 Å². The maximum absolute atomic E-state index is 6.34. The maximum Gasteiger partial charge on any atom is 2.00 e. The van der Waals surface area contributed by atoms with Gasteiger partial charge in [0.1, 0.15) is 0 Å². The van der Waals surface area contributed by atoms with Gasteiger partial charge in [-0.15, -0.1) is 0 Å². The van der Waals surface area contributed by atoms with E-state index in [9.17, 15) is 0 Å². The molecule has 2 aromatic carbocycles. The van der Waals surface area contributed by atoms with Gasteiger partial charge in [-0.1, -0.05) is 47.0 Å². The first kappa shape index (κ1) is 28.3. The minimum Gasteiger partial charge on any atom is -1.00 e. The molecule has 0 aliphatic rings. The molecule has 0 N–H and O–H groups in total. The normalized spacial score (nSPS) is 11.1. The third-order valence-corrected chi connectivity index (χ3v) is 4.41. The van der Waals surface area contributed by atoms with E-state index in [0.29, 0.717) is 5.02 Å². The van der Waals surface area contributed by atoms with E-state index >= 15 is 0 Å². The van der Waals surface area contributed by atoms with Gasteiger partial charge in [0.05, 0.1) is 34.2 Å². The summed E-state index contributed by atoms with van der Waals surface area (Å²) in [4.78, 5) is 14.0. The standard InChI is InChI=1S/C23H22ClN3.2ClH.Fe/c1-15-5-9-20(10-6-15)25-17(3)22-13-19(24)14-23(27-22)18(4)26-21-11-7-16(2)8-12-21;;;/h5-14H,1-4H3;2*1H;/q;;;+2/p-2.